The Kier molecular flexibility index (Phi) is 3.50. The smallest absolute Gasteiger partial charge is 0.224 e. The zero-order valence-electron chi connectivity index (χ0n) is 10.9. The molecule has 1 heterocycles. The molecule has 1 aliphatic carbocycles. The molecule has 0 bridgehead atoms. The van der Waals surface area contributed by atoms with Crippen molar-refractivity contribution in [2.75, 3.05) is 11.5 Å². The molecule has 1 aromatic rings. The van der Waals surface area contributed by atoms with Gasteiger partial charge in [0.15, 0.2) is 9.84 Å². The number of carbonyl (C=O) groups excluding carboxylic acids is 1. The maximum Gasteiger partial charge on any atom is 0.224 e. The largest absolute Gasteiger partial charge is 0.349 e. The van der Waals surface area contributed by atoms with Crippen molar-refractivity contribution in [2.24, 2.45) is 5.92 Å². The standard InChI is InChI=1S/C14H16ClNO3S/c15-11-2-3-12-9(7-11)1-4-13(12)16-14(17)10-5-6-20(18,19)8-10/h2-3,7,10,13H,1,4-6,8H2,(H,16,17). The molecule has 20 heavy (non-hydrogen) atoms. The number of aryl methyl sites for hydroxylation is 1. The number of rotatable bonds is 2. The zero-order chi connectivity index (χ0) is 14.3. The average molecular weight is 314 g/mol. The number of sulfone groups is 1. The third kappa shape index (κ3) is 2.69. The number of amides is 1. The first-order valence-corrected chi connectivity index (χ1v) is 8.94. The fraction of sp³-hybridized carbons (Fsp3) is 0.500. The molecule has 6 heteroatoms. The summed E-state index contributed by atoms with van der Waals surface area (Å²) in [6, 6.07) is 5.69. The lowest BCUT2D eigenvalue weighted by Gasteiger charge is -2.16. The van der Waals surface area contributed by atoms with E-state index < -0.39 is 15.8 Å². The predicted octanol–water partition coefficient (Wildman–Crippen LogP) is 1.88. The molecule has 1 fully saturated rings. The van der Waals surface area contributed by atoms with Crippen LogP contribution in [0, 0.1) is 5.92 Å². The second-order valence-corrected chi connectivity index (χ2v) is 8.21. The first kappa shape index (κ1) is 13.9. The van der Waals surface area contributed by atoms with E-state index in [1.807, 2.05) is 18.2 Å². The Morgan fingerprint density at radius 3 is 2.80 bits per heavy atom. The van der Waals surface area contributed by atoms with Gasteiger partial charge in [-0.3, -0.25) is 4.79 Å². The van der Waals surface area contributed by atoms with Gasteiger partial charge in [-0.15, -0.1) is 0 Å². The van der Waals surface area contributed by atoms with Crippen LogP contribution in [-0.4, -0.2) is 25.8 Å². The lowest BCUT2D eigenvalue weighted by atomic mass is 10.1. The van der Waals surface area contributed by atoms with Crippen LogP contribution < -0.4 is 5.32 Å². The van der Waals surface area contributed by atoms with E-state index >= 15 is 0 Å². The molecule has 108 valence electrons. The second kappa shape index (κ2) is 5.04. The Morgan fingerprint density at radius 1 is 1.30 bits per heavy atom. The Labute approximate surface area is 123 Å². The van der Waals surface area contributed by atoms with E-state index in [1.54, 1.807) is 0 Å². The van der Waals surface area contributed by atoms with Gasteiger partial charge in [0.1, 0.15) is 0 Å². The van der Waals surface area contributed by atoms with Gasteiger partial charge in [0.2, 0.25) is 5.91 Å². The number of fused-ring (bicyclic) bond motifs is 1. The number of carbonyl (C=O) groups is 1. The predicted molar refractivity (Wildman–Crippen MR) is 77.4 cm³/mol. The molecule has 1 saturated heterocycles. The van der Waals surface area contributed by atoms with Crippen molar-refractivity contribution in [1.82, 2.24) is 5.32 Å². The van der Waals surface area contributed by atoms with Crippen LogP contribution in [0.15, 0.2) is 18.2 Å². The summed E-state index contributed by atoms with van der Waals surface area (Å²) in [6.45, 7) is 0. The van der Waals surface area contributed by atoms with E-state index in [2.05, 4.69) is 5.32 Å². The third-order valence-corrected chi connectivity index (χ3v) is 6.11. The van der Waals surface area contributed by atoms with Crippen LogP contribution in [0.1, 0.15) is 30.0 Å². The van der Waals surface area contributed by atoms with Crippen molar-refractivity contribution in [1.29, 1.82) is 0 Å². The number of halogens is 1. The van der Waals surface area contributed by atoms with Crippen molar-refractivity contribution >= 4 is 27.3 Å². The molecule has 2 aliphatic rings. The first-order chi connectivity index (χ1) is 9.44. The summed E-state index contributed by atoms with van der Waals surface area (Å²) in [6.07, 6.45) is 2.18. The first-order valence-electron chi connectivity index (χ1n) is 6.74. The van der Waals surface area contributed by atoms with Gasteiger partial charge >= 0.3 is 0 Å². The zero-order valence-corrected chi connectivity index (χ0v) is 12.5. The van der Waals surface area contributed by atoms with Gasteiger partial charge in [0, 0.05) is 5.02 Å². The fourth-order valence-corrected chi connectivity index (χ4v) is 4.96. The SMILES string of the molecule is O=C(NC1CCc2cc(Cl)ccc21)C1CCS(=O)(=O)C1. The summed E-state index contributed by atoms with van der Waals surface area (Å²) < 4.78 is 22.8. The van der Waals surface area contributed by atoms with Crippen molar-refractivity contribution in [3.05, 3.63) is 34.3 Å². The molecule has 0 aromatic heterocycles. The van der Waals surface area contributed by atoms with Crippen LogP contribution in [0.2, 0.25) is 5.02 Å². The molecule has 1 amide bonds. The van der Waals surface area contributed by atoms with Crippen LogP contribution >= 0.6 is 11.6 Å². The second-order valence-electron chi connectivity index (χ2n) is 5.54. The minimum atomic E-state index is -3.02. The Bertz CT molecular complexity index is 656. The molecule has 0 saturated carbocycles. The van der Waals surface area contributed by atoms with E-state index in [1.165, 1.54) is 5.56 Å². The summed E-state index contributed by atoms with van der Waals surface area (Å²) in [7, 11) is -3.02. The molecule has 1 aromatic carbocycles. The monoisotopic (exact) mass is 313 g/mol. The van der Waals surface area contributed by atoms with Crippen molar-refractivity contribution in [3.63, 3.8) is 0 Å². The third-order valence-electron chi connectivity index (χ3n) is 4.10. The van der Waals surface area contributed by atoms with Crippen molar-refractivity contribution in [2.45, 2.75) is 25.3 Å². The summed E-state index contributed by atoms with van der Waals surface area (Å²) in [5, 5.41) is 3.69. The highest BCUT2D eigenvalue weighted by molar-refractivity contribution is 7.91. The molecule has 0 radical (unpaired) electrons. The van der Waals surface area contributed by atoms with Gasteiger partial charge in [-0.25, -0.2) is 8.42 Å². The maximum absolute atomic E-state index is 12.2. The maximum atomic E-state index is 12.2. The number of hydrogen-bond acceptors (Lipinski definition) is 3. The van der Waals surface area contributed by atoms with Gasteiger partial charge in [-0.2, -0.15) is 0 Å². The molecular weight excluding hydrogens is 298 g/mol. The summed E-state index contributed by atoms with van der Waals surface area (Å²) in [5.74, 6) is -0.420. The minimum absolute atomic E-state index is 0.0149. The van der Waals surface area contributed by atoms with E-state index in [9.17, 15) is 13.2 Å². The van der Waals surface area contributed by atoms with Gasteiger partial charge < -0.3 is 5.32 Å². The topological polar surface area (TPSA) is 63.2 Å². The van der Waals surface area contributed by atoms with Crippen LogP contribution in [0.3, 0.4) is 0 Å². The molecular formula is C14H16ClNO3S. The normalized spacial score (nSPS) is 27.2. The van der Waals surface area contributed by atoms with E-state index in [0.717, 1.165) is 18.4 Å². The quantitative estimate of drug-likeness (QED) is 0.906. The van der Waals surface area contributed by atoms with Gasteiger partial charge in [0.25, 0.3) is 0 Å². The van der Waals surface area contributed by atoms with Gasteiger partial charge in [-0.05, 0) is 42.5 Å². The van der Waals surface area contributed by atoms with Crippen LogP contribution in [0.5, 0.6) is 0 Å². The summed E-state index contributed by atoms with van der Waals surface area (Å²) in [5.41, 5.74) is 2.27. The van der Waals surface area contributed by atoms with Crippen LogP contribution in [-0.2, 0) is 21.1 Å². The molecule has 0 spiro atoms. The van der Waals surface area contributed by atoms with Crippen molar-refractivity contribution < 1.29 is 13.2 Å². The Hall–Kier alpha value is -1.07. The number of hydrogen-bond donors (Lipinski definition) is 1. The Morgan fingerprint density at radius 2 is 2.10 bits per heavy atom. The number of nitrogens with one attached hydrogen (secondary N) is 1. The highest BCUT2D eigenvalue weighted by atomic mass is 35.5. The van der Waals surface area contributed by atoms with E-state index in [-0.39, 0.29) is 23.5 Å². The summed E-state index contributed by atoms with van der Waals surface area (Å²) >= 11 is 5.96. The minimum Gasteiger partial charge on any atom is -0.349 e. The van der Waals surface area contributed by atoms with Crippen molar-refractivity contribution in [3.8, 4) is 0 Å². The van der Waals surface area contributed by atoms with Gasteiger partial charge in [0.05, 0.1) is 23.5 Å². The van der Waals surface area contributed by atoms with Crippen LogP contribution in [0.4, 0.5) is 0 Å². The van der Waals surface area contributed by atoms with E-state index in [4.69, 9.17) is 11.6 Å². The fourth-order valence-electron chi connectivity index (χ4n) is 3.03. The molecule has 2 unspecified atom stereocenters. The lowest BCUT2D eigenvalue weighted by Crippen LogP contribution is -2.33. The average Bonchev–Trinajstić information content (AvgIpc) is 2.93. The summed E-state index contributed by atoms with van der Waals surface area (Å²) in [4.78, 5) is 12.2. The highest BCUT2D eigenvalue weighted by Crippen LogP contribution is 2.33. The molecule has 4 nitrogen and oxygen atoms in total. The lowest BCUT2D eigenvalue weighted by molar-refractivity contribution is -0.125. The molecule has 3 rings (SSSR count). The molecule has 1 aliphatic heterocycles. The van der Waals surface area contributed by atoms with E-state index in [0.29, 0.717) is 11.4 Å². The Balaban J connectivity index is 1.70. The molecule has 1 N–H and O–H groups in total. The number of benzene rings is 1. The highest BCUT2D eigenvalue weighted by Gasteiger charge is 2.34. The van der Waals surface area contributed by atoms with Gasteiger partial charge in [-0.1, -0.05) is 17.7 Å². The molecule has 2 atom stereocenters. The van der Waals surface area contributed by atoms with Crippen LogP contribution in [0.25, 0.3) is 0 Å².